The lowest BCUT2D eigenvalue weighted by atomic mass is 10.2. The van der Waals surface area contributed by atoms with Crippen LogP contribution in [0, 0.1) is 0 Å². The van der Waals surface area contributed by atoms with Gasteiger partial charge in [0.15, 0.2) is 0 Å². The Morgan fingerprint density at radius 1 is 1.50 bits per heavy atom. The molecule has 2 atom stereocenters. The van der Waals surface area contributed by atoms with Crippen molar-refractivity contribution < 1.29 is 9.53 Å². The Labute approximate surface area is 97.3 Å². The molecule has 16 heavy (non-hydrogen) atoms. The number of hydrogen-bond acceptors (Lipinski definition) is 3. The fourth-order valence-corrected chi connectivity index (χ4v) is 2.46. The van der Waals surface area contributed by atoms with Gasteiger partial charge in [0.05, 0.1) is 12.1 Å². The summed E-state index contributed by atoms with van der Waals surface area (Å²) in [4.78, 5) is 14.0. The Bertz CT molecular complexity index is 239. The van der Waals surface area contributed by atoms with Gasteiger partial charge in [-0.1, -0.05) is 6.92 Å². The predicted octanol–water partition coefficient (Wildman–Crippen LogP) is 0.766. The van der Waals surface area contributed by atoms with Crippen LogP contribution < -0.4 is 5.32 Å². The number of likely N-dealkylation sites (tertiary alicyclic amines) is 1. The van der Waals surface area contributed by atoms with Gasteiger partial charge in [0.25, 0.3) is 0 Å². The largest absolute Gasteiger partial charge is 0.376 e. The highest BCUT2D eigenvalue weighted by molar-refractivity contribution is 5.84. The molecule has 0 bridgehead atoms. The molecule has 1 amide bonds. The van der Waals surface area contributed by atoms with Crippen LogP contribution in [0.5, 0.6) is 0 Å². The topological polar surface area (TPSA) is 41.6 Å². The van der Waals surface area contributed by atoms with Gasteiger partial charge in [-0.3, -0.25) is 4.79 Å². The molecule has 0 aromatic rings. The highest BCUT2D eigenvalue weighted by atomic mass is 16.5. The first-order chi connectivity index (χ1) is 7.81. The Morgan fingerprint density at radius 2 is 2.38 bits per heavy atom. The van der Waals surface area contributed by atoms with Crippen LogP contribution in [0.4, 0.5) is 0 Å². The van der Waals surface area contributed by atoms with Crippen LogP contribution in [-0.2, 0) is 9.53 Å². The highest BCUT2D eigenvalue weighted by Crippen LogP contribution is 2.17. The fourth-order valence-electron chi connectivity index (χ4n) is 2.46. The Hall–Kier alpha value is -0.610. The average Bonchev–Trinajstić information content (AvgIpc) is 2.89. The number of rotatable bonds is 5. The zero-order valence-electron chi connectivity index (χ0n) is 10.1. The van der Waals surface area contributed by atoms with Gasteiger partial charge in [-0.15, -0.1) is 0 Å². The van der Waals surface area contributed by atoms with Crippen LogP contribution in [0.2, 0.25) is 0 Å². The minimum Gasteiger partial charge on any atom is -0.376 e. The molecular formula is C12H22N2O2. The number of hydrogen-bond donors (Lipinski definition) is 1. The van der Waals surface area contributed by atoms with Crippen LogP contribution in [0.3, 0.4) is 0 Å². The summed E-state index contributed by atoms with van der Waals surface area (Å²) >= 11 is 0. The van der Waals surface area contributed by atoms with Crippen LogP contribution in [0.1, 0.15) is 32.6 Å². The summed E-state index contributed by atoms with van der Waals surface area (Å²) in [7, 11) is 0. The van der Waals surface area contributed by atoms with E-state index in [1.807, 2.05) is 4.90 Å². The quantitative estimate of drug-likeness (QED) is 0.752. The molecule has 4 nitrogen and oxygen atoms in total. The molecule has 0 aromatic heterocycles. The lowest BCUT2D eigenvalue weighted by Crippen LogP contribution is -2.41. The third kappa shape index (κ3) is 2.74. The second-order valence-electron chi connectivity index (χ2n) is 4.71. The maximum absolute atomic E-state index is 12.0. The number of nitrogens with one attached hydrogen (secondary N) is 1. The molecule has 0 spiro atoms. The van der Waals surface area contributed by atoms with Crippen LogP contribution >= 0.6 is 0 Å². The molecule has 0 radical (unpaired) electrons. The summed E-state index contributed by atoms with van der Waals surface area (Å²) < 4.78 is 5.57. The SMILES string of the molecule is CCCNC1CCN(CC2CCCO2)C1=O. The highest BCUT2D eigenvalue weighted by Gasteiger charge is 2.32. The lowest BCUT2D eigenvalue weighted by molar-refractivity contribution is -0.130. The van der Waals surface area contributed by atoms with E-state index in [0.717, 1.165) is 51.9 Å². The van der Waals surface area contributed by atoms with Crippen molar-refractivity contribution in [2.45, 2.75) is 44.8 Å². The van der Waals surface area contributed by atoms with E-state index in [1.54, 1.807) is 0 Å². The molecule has 0 aromatic carbocycles. The van der Waals surface area contributed by atoms with Crippen molar-refractivity contribution in [2.24, 2.45) is 0 Å². The molecule has 0 aliphatic carbocycles. The van der Waals surface area contributed by atoms with E-state index in [2.05, 4.69) is 12.2 Å². The van der Waals surface area contributed by atoms with Gasteiger partial charge in [-0.2, -0.15) is 0 Å². The summed E-state index contributed by atoms with van der Waals surface area (Å²) in [6, 6.07) is 0.0568. The molecule has 2 aliphatic rings. The van der Waals surface area contributed by atoms with E-state index in [1.165, 1.54) is 0 Å². The Balaban J connectivity index is 1.77. The summed E-state index contributed by atoms with van der Waals surface area (Å²) in [6.45, 7) is 5.61. The smallest absolute Gasteiger partial charge is 0.239 e. The standard InChI is InChI=1S/C12H22N2O2/c1-2-6-13-11-5-7-14(12(11)15)9-10-4-3-8-16-10/h10-11,13H,2-9H2,1H3. The van der Waals surface area contributed by atoms with Gasteiger partial charge in [0.1, 0.15) is 0 Å². The molecular weight excluding hydrogens is 204 g/mol. The van der Waals surface area contributed by atoms with Crippen molar-refractivity contribution in [1.82, 2.24) is 10.2 Å². The first-order valence-corrected chi connectivity index (χ1v) is 6.45. The summed E-state index contributed by atoms with van der Waals surface area (Å²) in [5.74, 6) is 0.268. The van der Waals surface area contributed by atoms with E-state index >= 15 is 0 Å². The lowest BCUT2D eigenvalue weighted by Gasteiger charge is -2.20. The number of carbonyl (C=O) groups is 1. The van der Waals surface area contributed by atoms with Crippen molar-refractivity contribution in [1.29, 1.82) is 0 Å². The van der Waals surface area contributed by atoms with E-state index in [9.17, 15) is 4.79 Å². The van der Waals surface area contributed by atoms with Crippen molar-refractivity contribution >= 4 is 5.91 Å². The van der Waals surface area contributed by atoms with Gasteiger partial charge in [0, 0.05) is 19.7 Å². The summed E-state index contributed by atoms with van der Waals surface area (Å²) in [6.07, 6.45) is 4.57. The molecule has 2 heterocycles. The zero-order chi connectivity index (χ0) is 11.4. The van der Waals surface area contributed by atoms with Crippen LogP contribution in [-0.4, -0.2) is 49.2 Å². The molecule has 2 unspecified atom stereocenters. The maximum atomic E-state index is 12.0. The molecule has 2 saturated heterocycles. The first-order valence-electron chi connectivity index (χ1n) is 6.45. The number of nitrogens with zero attached hydrogens (tertiary/aromatic N) is 1. The molecule has 92 valence electrons. The molecule has 1 N–H and O–H groups in total. The fraction of sp³-hybridized carbons (Fsp3) is 0.917. The second-order valence-corrected chi connectivity index (χ2v) is 4.71. The molecule has 0 saturated carbocycles. The van der Waals surface area contributed by atoms with Crippen molar-refractivity contribution in [3.63, 3.8) is 0 Å². The zero-order valence-corrected chi connectivity index (χ0v) is 10.1. The minimum absolute atomic E-state index is 0.0568. The van der Waals surface area contributed by atoms with Gasteiger partial charge >= 0.3 is 0 Å². The van der Waals surface area contributed by atoms with Gasteiger partial charge < -0.3 is 15.0 Å². The third-order valence-corrected chi connectivity index (χ3v) is 3.39. The number of carbonyl (C=O) groups excluding carboxylic acids is 1. The van der Waals surface area contributed by atoms with E-state index < -0.39 is 0 Å². The molecule has 2 fully saturated rings. The molecule has 4 heteroatoms. The molecule has 2 rings (SSSR count). The number of ether oxygens (including phenoxy) is 1. The van der Waals surface area contributed by atoms with Gasteiger partial charge in [-0.05, 0) is 32.2 Å². The van der Waals surface area contributed by atoms with Crippen molar-refractivity contribution in [3.05, 3.63) is 0 Å². The number of amides is 1. The maximum Gasteiger partial charge on any atom is 0.239 e. The Kier molecular flexibility index (Phi) is 4.18. The van der Waals surface area contributed by atoms with E-state index in [4.69, 9.17) is 4.74 Å². The predicted molar refractivity (Wildman–Crippen MR) is 62.3 cm³/mol. The van der Waals surface area contributed by atoms with Gasteiger partial charge in [-0.25, -0.2) is 0 Å². The third-order valence-electron chi connectivity index (χ3n) is 3.39. The van der Waals surface area contributed by atoms with Crippen molar-refractivity contribution in [3.8, 4) is 0 Å². The minimum atomic E-state index is 0.0568. The first kappa shape index (κ1) is 11.9. The van der Waals surface area contributed by atoms with Crippen molar-refractivity contribution in [2.75, 3.05) is 26.2 Å². The second kappa shape index (κ2) is 5.64. The average molecular weight is 226 g/mol. The monoisotopic (exact) mass is 226 g/mol. The molecule has 2 aliphatic heterocycles. The van der Waals surface area contributed by atoms with E-state index in [-0.39, 0.29) is 18.1 Å². The van der Waals surface area contributed by atoms with E-state index in [0.29, 0.717) is 0 Å². The van der Waals surface area contributed by atoms with Crippen LogP contribution in [0.15, 0.2) is 0 Å². The normalized spacial score (nSPS) is 30.3. The van der Waals surface area contributed by atoms with Gasteiger partial charge in [0.2, 0.25) is 5.91 Å². The summed E-state index contributed by atoms with van der Waals surface area (Å²) in [5, 5.41) is 3.30. The Morgan fingerprint density at radius 3 is 3.06 bits per heavy atom. The summed E-state index contributed by atoms with van der Waals surface area (Å²) in [5.41, 5.74) is 0. The van der Waals surface area contributed by atoms with Crippen LogP contribution in [0.25, 0.3) is 0 Å².